The summed E-state index contributed by atoms with van der Waals surface area (Å²) in [5.74, 6) is -0.444. The SMILES string of the molecule is COC(=O)c1cc(-c2ccccn2)c(C=O)s1. The lowest BCUT2D eigenvalue weighted by molar-refractivity contribution is 0.0606. The van der Waals surface area contributed by atoms with Gasteiger partial charge in [-0.25, -0.2) is 4.79 Å². The largest absolute Gasteiger partial charge is 0.465 e. The van der Waals surface area contributed by atoms with Crippen LogP contribution in [-0.4, -0.2) is 24.3 Å². The van der Waals surface area contributed by atoms with Gasteiger partial charge < -0.3 is 4.74 Å². The highest BCUT2D eigenvalue weighted by atomic mass is 32.1. The van der Waals surface area contributed by atoms with Crippen LogP contribution in [0.2, 0.25) is 0 Å². The van der Waals surface area contributed by atoms with Crippen molar-refractivity contribution in [2.24, 2.45) is 0 Å². The number of pyridine rings is 1. The molecule has 0 aromatic carbocycles. The molecule has 0 amide bonds. The molecular weight excluding hydrogens is 238 g/mol. The molecule has 0 fully saturated rings. The lowest BCUT2D eigenvalue weighted by Crippen LogP contribution is -1.96. The second kappa shape index (κ2) is 4.88. The van der Waals surface area contributed by atoms with Gasteiger partial charge in [0, 0.05) is 11.8 Å². The standard InChI is InChI=1S/C12H9NO3S/c1-16-12(15)10-6-8(11(7-14)17-10)9-4-2-3-5-13-9/h2-7H,1H3. The highest BCUT2D eigenvalue weighted by molar-refractivity contribution is 7.16. The Kier molecular flexibility index (Phi) is 3.30. The van der Waals surface area contributed by atoms with Crippen LogP contribution in [0.4, 0.5) is 0 Å². The molecule has 2 rings (SSSR count). The van der Waals surface area contributed by atoms with Crippen molar-refractivity contribution in [1.82, 2.24) is 4.98 Å². The minimum atomic E-state index is -0.444. The summed E-state index contributed by atoms with van der Waals surface area (Å²) in [6, 6.07) is 7.03. The highest BCUT2D eigenvalue weighted by Gasteiger charge is 2.16. The van der Waals surface area contributed by atoms with E-state index in [2.05, 4.69) is 9.72 Å². The number of methoxy groups -OCH3 is 1. The second-order valence-electron chi connectivity index (χ2n) is 3.21. The summed E-state index contributed by atoms with van der Waals surface area (Å²) in [6.45, 7) is 0. The van der Waals surface area contributed by atoms with E-state index in [1.807, 2.05) is 6.07 Å². The maximum absolute atomic E-state index is 11.4. The molecule has 0 aliphatic rings. The van der Waals surface area contributed by atoms with Crippen molar-refractivity contribution in [2.45, 2.75) is 0 Å². The number of ether oxygens (including phenoxy) is 1. The first-order chi connectivity index (χ1) is 8.26. The molecule has 2 aromatic heterocycles. The number of rotatable bonds is 3. The third-order valence-corrected chi connectivity index (χ3v) is 3.24. The molecule has 5 heteroatoms. The van der Waals surface area contributed by atoms with Crippen LogP contribution in [0.15, 0.2) is 30.5 Å². The molecule has 0 N–H and O–H groups in total. The minimum Gasteiger partial charge on any atom is -0.465 e. The van der Waals surface area contributed by atoms with E-state index in [1.54, 1.807) is 24.4 Å². The first-order valence-electron chi connectivity index (χ1n) is 4.85. The van der Waals surface area contributed by atoms with E-state index < -0.39 is 5.97 Å². The van der Waals surface area contributed by atoms with Crippen LogP contribution in [-0.2, 0) is 4.74 Å². The summed E-state index contributed by atoms with van der Waals surface area (Å²) in [5, 5.41) is 0. The normalized spacial score (nSPS) is 9.94. The number of hydrogen-bond acceptors (Lipinski definition) is 5. The molecule has 0 saturated carbocycles. The van der Waals surface area contributed by atoms with Crippen molar-refractivity contribution in [3.63, 3.8) is 0 Å². The quantitative estimate of drug-likeness (QED) is 0.617. The zero-order valence-electron chi connectivity index (χ0n) is 9.04. The van der Waals surface area contributed by atoms with E-state index in [0.717, 1.165) is 17.6 Å². The van der Waals surface area contributed by atoms with Gasteiger partial charge in [-0.2, -0.15) is 0 Å². The molecular formula is C12H9NO3S. The fourth-order valence-corrected chi connectivity index (χ4v) is 2.32. The molecule has 0 radical (unpaired) electrons. The van der Waals surface area contributed by atoms with E-state index in [4.69, 9.17) is 0 Å². The molecule has 2 heterocycles. The van der Waals surface area contributed by atoms with Crippen LogP contribution >= 0.6 is 11.3 Å². The van der Waals surface area contributed by atoms with E-state index in [1.165, 1.54) is 7.11 Å². The predicted molar refractivity (Wildman–Crippen MR) is 64.3 cm³/mol. The summed E-state index contributed by atoms with van der Waals surface area (Å²) in [6.07, 6.45) is 2.36. The zero-order valence-corrected chi connectivity index (χ0v) is 9.86. The van der Waals surface area contributed by atoms with Crippen molar-refractivity contribution in [3.05, 3.63) is 40.2 Å². The topological polar surface area (TPSA) is 56.3 Å². The van der Waals surface area contributed by atoms with Crippen molar-refractivity contribution < 1.29 is 14.3 Å². The lowest BCUT2D eigenvalue weighted by atomic mass is 10.1. The van der Waals surface area contributed by atoms with Crippen molar-refractivity contribution in [1.29, 1.82) is 0 Å². The Morgan fingerprint density at radius 3 is 2.88 bits per heavy atom. The molecule has 4 nitrogen and oxygen atoms in total. The van der Waals surface area contributed by atoms with Gasteiger partial charge >= 0.3 is 5.97 Å². The Balaban J connectivity index is 2.51. The van der Waals surface area contributed by atoms with Gasteiger partial charge in [-0.1, -0.05) is 6.07 Å². The van der Waals surface area contributed by atoms with Crippen LogP contribution in [0.1, 0.15) is 19.3 Å². The number of esters is 1. The van der Waals surface area contributed by atoms with Crippen LogP contribution < -0.4 is 0 Å². The van der Waals surface area contributed by atoms with Crippen LogP contribution in [0.25, 0.3) is 11.3 Å². The first-order valence-corrected chi connectivity index (χ1v) is 5.66. The van der Waals surface area contributed by atoms with Gasteiger partial charge in [0.2, 0.25) is 0 Å². The van der Waals surface area contributed by atoms with Crippen molar-refractivity contribution in [2.75, 3.05) is 7.11 Å². The first kappa shape index (κ1) is 11.5. The van der Waals surface area contributed by atoms with E-state index in [0.29, 0.717) is 21.0 Å². The number of hydrogen-bond donors (Lipinski definition) is 0. The number of nitrogens with zero attached hydrogens (tertiary/aromatic N) is 1. The molecule has 0 aliphatic heterocycles. The van der Waals surface area contributed by atoms with Crippen LogP contribution in [0.3, 0.4) is 0 Å². The minimum absolute atomic E-state index is 0.398. The van der Waals surface area contributed by atoms with Gasteiger partial charge in [0.25, 0.3) is 0 Å². The summed E-state index contributed by atoms with van der Waals surface area (Å²) in [4.78, 5) is 27.4. The van der Waals surface area contributed by atoms with Gasteiger partial charge in [0.15, 0.2) is 6.29 Å². The van der Waals surface area contributed by atoms with Gasteiger partial charge in [0.05, 0.1) is 17.7 Å². The average Bonchev–Trinajstić information content (AvgIpc) is 2.83. The predicted octanol–water partition coefficient (Wildman–Crippen LogP) is 2.41. The molecule has 0 atom stereocenters. The van der Waals surface area contributed by atoms with Gasteiger partial charge in [0.1, 0.15) is 4.88 Å². The number of carbonyl (C=O) groups is 2. The molecule has 0 unspecified atom stereocenters. The van der Waals surface area contributed by atoms with E-state index in [-0.39, 0.29) is 0 Å². The smallest absolute Gasteiger partial charge is 0.348 e. The lowest BCUT2D eigenvalue weighted by Gasteiger charge is -1.96. The van der Waals surface area contributed by atoms with Gasteiger partial charge in [-0.05, 0) is 18.2 Å². The Morgan fingerprint density at radius 1 is 1.47 bits per heavy atom. The Labute approximate surface area is 102 Å². The number of aldehydes is 1. The monoisotopic (exact) mass is 247 g/mol. The molecule has 0 spiro atoms. The summed E-state index contributed by atoms with van der Waals surface area (Å²) < 4.78 is 4.62. The van der Waals surface area contributed by atoms with E-state index >= 15 is 0 Å². The fraction of sp³-hybridized carbons (Fsp3) is 0.0833. The zero-order chi connectivity index (χ0) is 12.3. The van der Waals surface area contributed by atoms with Crippen LogP contribution in [0, 0.1) is 0 Å². The highest BCUT2D eigenvalue weighted by Crippen LogP contribution is 2.29. The van der Waals surface area contributed by atoms with Gasteiger partial charge in [-0.15, -0.1) is 11.3 Å². The maximum atomic E-state index is 11.4. The number of thiophene rings is 1. The van der Waals surface area contributed by atoms with Gasteiger partial charge in [-0.3, -0.25) is 9.78 Å². The Morgan fingerprint density at radius 2 is 2.29 bits per heavy atom. The van der Waals surface area contributed by atoms with Crippen molar-refractivity contribution >= 4 is 23.6 Å². The summed E-state index contributed by atoms with van der Waals surface area (Å²) >= 11 is 1.10. The Hall–Kier alpha value is -2.01. The molecule has 2 aromatic rings. The molecule has 86 valence electrons. The van der Waals surface area contributed by atoms with E-state index in [9.17, 15) is 9.59 Å². The molecule has 0 aliphatic carbocycles. The third-order valence-electron chi connectivity index (χ3n) is 2.20. The number of aromatic nitrogens is 1. The molecule has 17 heavy (non-hydrogen) atoms. The van der Waals surface area contributed by atoms with Crippen molar-refractivity contribution in [3.8, 4) is 11.3 Å². The van der Waals surface area contributed by atoms with Crippen LogP contribution in [0.5, 0.6) is 0 Å². The summed E-state index contributed by atoms with van der Waals surface area (Å²) in [7, 11) is 1.31. The third kappa shape index (κ3) is 2.24. The average molecular weight is 247 g/mol. The fourth-order valence-electron chi connectivity index (χ4n) is 1.42. The maximum Gasteiger partial charge on any atom is 0.348 e. The molecule has 0 bridgehead atoms. The summed E-state index contributed by atoms with van der Waals surface area (Å²) in [5.41, 5.74) is 1.33. The number of carbonyl (C=O) groups excluding carboxylic acids is 2. The Bertz CT molecular complexity index is 548. The second-order valence-corrected chi connectivity index (χ2v) is 4.30. The molecule has 0 saturated heterocycles.